The van der Waals surface area contributed by atoms with E-state index >= 15 is 0 Å². The normalized spacial score (nSPS) is 18.8. The highest BCUT2D eigenvalue weighted by Crippen LogP contribution is 2.06. The Morgan fingerprint density at radius 1 is 1.54 bits per heavy atom. The summed E-state index contributed by atoms with van der Waals surface area (Å²) in [6.07, 6.45) is 3.17. The third-order valence-corrected chi connectivity index (χ3v) is 2.43. The summed E-state index contributed by atoms with van der Waals surface area (Å²) >= 11 is 0. The van der Waals surface area contributed by atoms with Gasteiger partial charge in [-0.1, -0.05) is 6.92 Å². The van der Waals surface area contributed by atoms with E-state index in [0.717, 1.165) is 32.4 Å². The van der Waals surface area contributed by atoms with Crippen LogP contribution < -0.4 is 11.1 Å². The number of rotatable bonds is 3. The molecule has 3 N–H and O–H groups in total. The maximum Gasteiger partial charge on any atom is 0.317 e. The summed E-state index contributed by atoms with van der Waals surface area (Å²) in [5.41, 5.74) is 5.69. The number of hydrogen-bond acceptors (Lipinski definition) is 2. The highest BCUT2D eigenvalue weighted by molar-refractivity contribution is 5.74. The van der Waals surface area contributed by atoms with Crippen LogP contribution in [0.3, 0.4) is 0 Å². The molecule has 0 spiro atoms. The van der Waals surface area contributed by atoms with Gasteiger partial charge in [0.1, 0.15) is 0 Å². The minimum atomic E-state index is 0.0430. The number of nitrogens with two attached hydrogens (primary N) is 1. The van der Waals surface area contributed by atoms with Crippen molar-refractivity contribution in [1.82, 2.24) is 10.2 Å². The smallest absolute Gasteiger partial charge is 0.317 e. The number of nitrogens with one attached hydrogen (secondary N) is 1. The van der Waals surface area contributed by atoms with Gasteiger partial charge in [0.2, 0.25) is 0 Å². The first kappa shape index (κ1) is 10.3. The Hall–Kier alpha value is -0.770. The number of urea groups is 1. The summed E-state index contributed by atoms with van der Waals surface area (Å²) in [6, 6.07) is 0.132. The van der Waals surface area contributed by atoms with E-state index in [1.54, 1.807) is 0 Å². The molecular weight excluding hydrogens is 166 g/mol. The van der Waals surface area contributed by atoms with Gasteiger partial charge in [-0.15, -0.1) is 0 Å². The minimum Gasteiger partial charge on any atom is -0.336 e. The largest absolute Gasteiger partial charge is 0.336 e. The molecule has 4 nitrogen and oxygen atoms in total. The highest BCUT2D eigenvalue weighted by Gasteiger charge is 2.17. The lowest BCUT2D eigenvalue weighted by atomic mass is 10.2. The predicted molar refractivity (Wildman–Crippen MR) is 52.5 cm³/mol. The quantitative estimate of drug-likeness (QED) is 0.674. The van der Waals surface area contributed by atoms with Crippen LogP contribution in [0.25, 0.3) is 0 Å². The van der Waals surface area contributed by atoms with E-state index in [9.17, 15) is 4.79 Å². The molecule has 1 aliphatic heterocycles. The van der Waals surface area contributed by atoms with E-state index in [2.05, 4.69) is 5.32 Å². The van der Waals surface area contributed by atoms with Gasteiger partial charge in [-0.3, -0.25) is 0 Å². The van der Waals surface area contributed by atoms with Crippen molar-refractivity contribution >= 4 is 6.03 Å². The number of carbonyl (C=O) groups excluding carboxylic acids is 1. The molecule has 1 heterocycles. The molecule has 0 aromatic heterocycles. The molecule has 0 aromatic rings. The number of hydrogen-bond donors (Lipinski definition) is 2. The van der Waals surface area contributed by atoms with E-state index in [1.165, 1.54) is 0 Å². The molecule has 1 fully saturated rings. The van der Waals surface area contributed by atoms with Gasteiger partial charge in [0.15, 0.2) is 0 Å². The first-order valence-electron chi connectivity index (χ1n) is 5.02. The summed E-state index contributed by atoms with van der Waals surface area (Å²) in [7, 11) is 0. The summed E-state index contributed by atoms with van der Waals surface area (Å²) in [4.78, 5) is 13.3. The molecule has 76 valence electrons. The van der Waals surface area contributed by atoms with Crippen LogP contribution in [0.1, 0.15) is 26.2 Å². The van der Waals surface area contributed by atoms with Gasteiger partial charge in [-0.2, -0.15) is 0 Å². The van der Waals surface area contributed by atoms with E-state index in [1.807, 2.05) is 11.8 Å². The van der Waals surface area contributed by atoms with E-state index in [0.29, 0.717) is 6.54 Å². The zero-order chi connectivity index (χ0) is 9.68. The topological polar surface area (TPSA) is 58.4 Å². The molecule has 1 saturated heterocycles. The Balaban J connectivity index is 2.16. The first-order chi connectivity index (χ1) is 6.24. The van der Waals surface area contributed by atoms with Crippen molar-refractivity contribution < 1.29 is 4.79 Å². The SMILES string of the molecule is CCC(N)CNC(=O)N1CCCC1. The Kier molecular flexibility index (Phi) is 4.02. The van der Waals surface area contributed by atoms with E-state index in [-0.39, 0.29) is 12.1 Å². The maximum atomic E-state index is 11.4. The fourth-order valence-corrected chi connectivity index (χ4v) is 1.39. The Morgan fingerprint density at radius 2 is 2.15 bits per heavy atom. The van der Waals surface area contributed by atoms with Crippen LogP contribution in [0.4, 0.5) is 4.79 Å². The van der Waals surface area contributed by atoms with Gasteiger partial charge < -0.3 is 16.0 Å². The average molecular weight is 185 g/mol. The van der Waals surface area contributed by atoms with Crippen LogP contribution in [0, 0.1) is 0 Å². The molecule has 0 radical (unpaired) electrons. The molecule has 0 saturated carbocycles. The molecule has 1 aliphatic rings. The van der Waals surface area contributed by atoms with Crippen molar-refractivity contribution in [2.75, 3.05) is 19.6 Å². The first-order valence-corrected chi connectivity index (χ1v) is 5.02. The zero-order valence-electron chi connectivity index (χ0n) is 8.25. The van der Waals surface area contributed by atoms with Crippen LogP contribution in [0.15, 0.2) is 0 Å². The number of likely N-dealkylation sites (tertiary alicyclic amines) is 1. The lowest BCUT2D eigenvalue weighted by molar-refractivity contribution is 0.208. The minimum absolute atomic E-state index is 0.0430. The van der Waals surface area contributed by atoms with Gasteiger partial charge in [0.05, 0.1) is 0 Å². The lowest BCUT2D eigenvalue weighted by Gasteiger charge is -2.17. The maximum absolute atomic E-state index is 11.4. The van der Waals surface area contributed by atoms with Gasteiger partial charge in [0.25, 0.3) is 0 Å². The molecule has 1 unspecified atom stereocenters. The molecule has 0 aliphatic carbocycles. The van der Waals surface area contributed by atoms with Crippen LogP contribution in [0.2, 0.25) is 0 Å². The number of amides is 2. The second kappa shape index (κ2) is 5.07. The molecule has 0 bridgehead atoms. The second-order valence-electron chi connectivity index (χ2n) is 3.55. The van der Waals surface area contributed by atoms with Crippen molar-refractivity contribution in [2.24, 2.45) is 5.73 Å². The Labute approximate surface area is 79.5 Å². The zero-order valence-corrected chi connectivity index (χ0v) is 8.25. The average Bonchev–Trinajstić information content (AvgIpc) is 2.66. The lowest BCUT2D eigenvalue weighted by Crippen LogP contribution is -2.43. The molecule has 0 aromatic carbocycles. The van der Waals surface area contributed by atoms with Gasteiger partial charge >= 0.3 is 6.03 Å². The van der Waals surface area contributed by atoms with Crippen molar-refractivity contribution in [3.8, 4) is 0 Å². The standard InChI is InChI=1S/C9H19N3O/c1-2-8(10)7-11-9(13)12-5-3-4-6-12/h8H,2-7,10H2,1H3,(H,11,13). The molecule has 13 heavy (non-hydrogen) atoms. The van der Waals surface area contributed by atoms with E-state index in [4.69, 9.17) is 5.73 Å². The molecule has 2 amide bonds. The third-order valence-electron chi connectivity index (χ3n) is 2.43. The third kappa shape index (κ3) is 3.22. The predicted octanol–water partition coefficient (Wildman–Crippen LogP) is 0.529. The molecule has 1 rings (SSSR count). The van der Waals surface area contributed by atoms with Crippen LogP contribution in [0.5, 0.6) is 0 Å². The Bertz CT molecular complexity index is 166. The van der Waals surface area contributed by atoms with Crippen molar-refractivity contribution in [1.29, 1.82) is 0 Å². The summed E-state index contributed by atoms with van der Waals surface area (Å²) < 4.78 is 0. The molecule has 4 heteroatoms. The van der Waals surface area contributed by atoms with Crippen LogP contribution >= 0.6 is 0 Å². The fourth-order valence-electron chi connectivity index (χ4n) is 1.39. The van der Waals surface area contributed by atoms with Gasteiger partial charge in [-0.05, 0) is 19.3 Å². The Morgan fingerprint density at radius 3 is 2.69 bits per heavy atom. The van der Waals surface area contributed by atoms with Gasteiger partial charge in [0, 0.05) is 25.7 Å². The van der Waals surface area contributed by atoms with Crippen molar-refractivity contribution in [3.05, 3.63) is 0 Å². The van der Waals surface area contributed by atoms with Crippen molar-refractivity contribution in [2.45, 2.75) is 32.2 Å². The van der Waals surface area contributed by atoms with Crippen molar-refractivity contribution in [3.63, 3.8) is 0 Å². The number of carbonyl (C=O) groups is 1. The highest BCUT2D eigenvalue weighted by atomic mass is 16.2. The molecular formula is C9H19N3O. The van der Waals surface area contributed by atoms with Gasteiger partial charge in [-0.25, -0.2) is 4.79 Å². The monoisotopic (exact) mass is 185 g/mol. The number of nitrogens with zero attached hydrogens (tertiary/aromatic N) is 1. The second-order valence-corrected chi connectivity index (χ2v) is 3.55. The van der Waals surface area contributed by atoms with Crippen LogP contribution in [-0.4, -0.2) is 36.6 Å². The summed E-state index contributed by atoms with van der Waals surface area (Å²) in [6.45, 7) is 4.40. The summed E-state index contributed by atoms with van der Waals surface area (Å²) in [5, 5.41) is 2.84. The van der Waals surface area contributed by atoms with E-state index < -0.39 is 0 Å². The van der Waals surface area contributed by atoms with Crippen LogP contribution in [-0.2, 0) is 0 Å². The fraction of sp³-hybridized carbons (Fsp3) is 0.889. The summed E-state index contributed by atoms with van der Waals surface area (Å²) in [5.74, 6) is 0. The molecule has 1 atom stereocenters.